The Morgan fingerprint density at radius 1 is 0.676 bits per heavy atom. The molecule has 11 aromatic rings. The Balaban J connectivity index is 0.00000611. The number of aromatic nitrogens is 4. The van der Waals surface area contributed by atoms with Gasteiger partial charge in [0.05, 0.1) is 24.3 Å². The van der Waals surface area contributed by atoms with Crippen molar-refractivity contribution in [1.82, 2.24) is 14.0 Å². The van der Waals surface area contributed by atoms with Crippen LogP contribution in [0.2, 0.25) is 0 Å². The van der Waals surface area contributed by atoms with Gasteiger partial charge in [-0.2, -0.15) is 6.07 Å². The second kappa shape index (κ2) is 17.4. The first-order valence-corrected chi connectivity index (χ1v) is 22.5. The molecule has 4 aromatic heterocycles. The predicted molar refractivity (Wildman–Crippen MR) is 271 cm³/mol. The van der Waals surface area contributed by atoms with Crippen LogP contribution < -0.4 is 9.30 Å². The van der Waals surface area contributed by atoms with Crippen LogP contribution in [0, 0.1) is 25.4 Å². The SMILES string of the molecule is [2H]c1c([2H])c([2H])c(-c2cnc(-n3c4[c-]c(Oc5[c-]c(-c6coc7c(-c8c(-c9ccccc9)cccc8-c8ccccc8)[n+](C(C)(C)C)[c-]n67)ccc5)ccc4c4cc(C(C)(C)C)ccc43)cc2C)c([2H])c1[2H].[Pt]. The van der Waals surface area contributed by atoms with Crippen LogP contribution in [0.15, 0.2) is 181 Å². The van der Waals surface area contributed by atoms with Gasteiger partial charge in [-0.1, -0.05) is 159 Å². The molecule has 0 aliphatic rings. The van der Waals surface area contributed by atoms with Crippen molar-refractivity contribution in [2.24, 2.45) is 0 Å². The number of imidazole rings is 1. The number of ether oxygens (including phenoxy) is 1. The van der Waals surface area contributed by atoms with E-state index in [0.717, 1.165) is 66.6 Å². The predicted octanol–water partition coefficient (Wildman–Crippen LogP) is 15.2. The van der Waals surface area contributed by atoms with Gasteiger partial charge < -0.3 is 18.3 Å². The first-order chi connectivity index (χ1) is 34.5. The van der Waals surface area contributed by atoms with Crippen LogP contribution in [0.4, 0.5) is 0 Å². The van der Waals surface area contributed by atoms with Gasteiger partial charge in [0.25, 0.3) is 0 Å². The number of nitrogens with zero attached hydrogens (tertiary/aromatic N) is 4. The summed E-state index contributed by atoms with van der Waals surface area (Å²) in [7, 11) is 0. The molecule has 0 atom stereocenters. The second-order valence-electron chi connectivity index (χ2n) is 19.0. The molecule has 68 heavy (non-hydrogen) atoms. The minimum absolute atomic E-state index is 0. The van der Waals surface area contributed by atoms with Crippen molar-refractivity contribution < 1.29 is 41.6 Å². The third-order valence-corrected chi connectivity index (χ3v) is 12.4. The van der Waals surface area contributed by atoms with Crippen LogP contribution in [0.5, 0.6) is 11.5 Å². The zero-order valence-corrected chi connectivity index (χ0v) is 41.1. The maximum absolute atomic E-state index is 8.65. The number of rotatable bonds is 8. The fourth-order valence-corrected chi connectivity index (χ4v) is 9.02. The molecule has 0 bridgehead atoms. The molecular weight excluding hydrogens is 1020 g/mol. The normalized spacial score (nSPS) is 13.0. The van der Waals surface area contributed by atoms with Crippen molar-refractivity contribution in [2.75, 3.05) is 0 Å². The Kier molecular flexibility index (Phi) is 9.94. The van der Waals surface area contributed by atoms with Gasteiger partial charge in [0.2, 0.25) is 12.0 Å². The van der Waals surface area contributed by atoms with Gasteiger partial charge >= 0.3 is 0 Å². The Labute approximate surface area is 419 Å². The van der Waals surface area contributed by atoms with E-state index in [4.69, 9.17) is 21.0 Å². The largest absolute Gasteiger partial charge is 0.503 e. The Morgan fingerprint density at radius 3 is 2.01 bits per heavy atom. The Hall–Kier alpha value is -7.27. The van der Waals surface area contributed by atoms with E-state index in [1.165, 1.54) is 5.56 Å². The van der Waals surface area contributed by atoms with Crippen molar-refractivity contribution >= 4 is 27.5 Å². The van der Waals surface area contributed by atoms with Crippen LogP contribution in [0.1, 0.15) is 59.5 Å². The van der Waals surface area contributed by atoms with Crippen molar-refractivity contribution in [1.29, 1.82) is 0 Å². The summed E-state index contributed by atoms with van der Waals surface area (Å²) in [5.74, 6) is 1.52. The summed E-state index contributed by atoms with van der Waals surface area (Å²) in [6.07, 6.45) is 7.04. The van der Waals surface area contributed by atoms with E-state index >= 15 is 0 Å². The number of oxazole rings is 1. The molecule has 7 heteroatoms. The fourth-order valence-electron chi connectivity index (χ4n) is 9.02. The Bertz CT molecular complexity index is 3860. The van der Waals surface area contributed by atoms with E-state index < -0.39 is 18.1 Å². The van der Waals surface area contributed by atoms with E-state index in [1.54, 1.807) is 12.5 Å². The molecule has 6 nitrogen and oxygen atoms in total. The number of benzene rings is 7. The summed E-state index contributed by atoms with van der Waals surface area (Å²) in [4.78, 5) is 4.90. The van der Waals surface area contributed by atoms with Crippen molar-refractivity contribution in [2.45, 2.75) is 59.4 Å². The zero-order valence-electron chi connectivity index (χ0n) is 43.8. The number of hydrogen-bond donors (Lipinski definition) is 0. The average molecular weight is 1070 g/mol. The number of fused-ring (bicyclic) bond motifs is 4. The molecule has 7 aromatic carbocycles. The van der Waals surface area contributed by atoms with E-state index in [2.05, 4.69) is 149 Å². The molecule has 0 N–H and O–H groups in total. The molecule has 338 valence electrons. The maximum atomic E-state index is 8.65. The molecule has 0 aliphatic heterocycles. The molecule has 0 amide bonds. The van der Waals surface area contributed by atoms with Gasteiger partial charge in [-0.15, -0.1) is 35.7 Å². The molecule has 4 heterocycles. The molecule has 0 unspecified atom stereocenters. The van der Waals surface area contributed by atoms with Gasteiger partial charge in [-0.05, 0) is 95.1 Å². The summed E-state index contributed by atoms with van der Waals surface area (Å²) in [6.45, 7) is 15.0. The summed E-state index contributed by atoms with van der Waals surface area (Å²) < 4.78 is 61.5. The molecule has 11 rings (SSSR count). The number of hydrogen-bond acceptors (Lipinski definition) is 3. The molecule has 0 aliphatic carbocycles. The van der Waals surface area contributed by atoms with E-state index in [9.17, 15) is 0 Å². The van der Waals surface area contributed by atoms with Crippen LogP contribution in [-0.2, 0) is 32.0 Å². The first-order valence-electron chi connectivity index (χ1n) is 25.0. The van der Waals surface area contributed by atoms with Crippen molar-refractivity contribution in [3.8, 4) is 73.2 Å². The minimum Gasteiger partial charge on any atom is -0.503 e. The average Bonchev–Trinajstić information content (AvgIpc) is 4.06. The zero-order chi connectivity index (χ0) is 50.4. The first kappa shape index (κ1) is 38.8. The molecule has 0 radical (unpaired) electrons. The van der Waals surface area contributed by atoms with Gasteiger partial charge in [-0.3, -0.25) is 4.40 Å². The fraction of sp³-hybridized carbons (Fsp3) is 0.148. The quantitative estimate of drug-likeness (QED) is 0.113. The maximum Gasteiger partial charge on any atom is 0.247 e. The van der Waals surface area contributed by atoms with Gasteiger partial charge in [0.15, 0.2) is 0 Å². The van der Waals surface area contributed by atoms with Crippen LogP contribution in [0.25, 0.3) is 89.2 Å². The van der Waals surface area contributed by atoms with E-state index in [-0.39, 0.29) is 49.7 Å². The van der Waals surface area contributed by atoms with E-state index in [1.807, 2.05) is 64.4 Å². The number of pyridine rings is 1. The van der Waals surface area contributed by atoms with Crippen LogP contribution in [0.3, 0.4) is 0 Å². The standard InChI is InChI=1S/C61H50N4O2.Pt/c1-40-33-56(62-37-52(40)43-23-15-10-16-24-43)65-53-32-29-45(60(2,3)4)35-51(53)50-31-30-47(36-54(50)65)67-46-26-17-25-44(34-46)55-38-66-59-58(64(39-63(55)59)61(5,6)7)57-48(41-19-11-8-12-20-41)27-18-28-49(57)42-21-13-9-14-22-42;/h8-33,35,37-38H,1-7H3;/q-2;/i10D,15D,16D,23D,24D;. The van der Waals surface area contributed by atoms with Gasteiger partial charge in [0, 0.05) is 49.8 Å². The van der Waals surface area contributed by atoms with Crippen LogP contribution in [-0.4, -0.2) is 14.0 Å². The van der Waals surface area contributed by atoms with Gasteiger partial charge in [-0.25, -0.2) is 4.98 Å². The third kappa shape index (κ3) is 7.97. The molecule has 0 spiro atoms. The smallest absolute Gasteiger partial charge is 0.247 e. The van der Waals surface area contributed by atoms with Crippen molar-refractivity contribution in [3.05, 3.63) is 206 Å². The minimum atomic E-state index is -0.436. The molecule has 0 saturated heterocycles. The summed E-state index contributed by atoms with van der Waals surface area (Å²) in [5, 5.41) is 1.97. The Morgan fingerprint density at radius 2 is 1.35 bits per heavy atom. The van der Waals surface area contributed by atoms with E-state index in [0.29, 0.717) is 34.2 Å². The molecule has 0 saturated carbocycles. The topological polar surface area (TPSA) is 48.5 Å². The van der Waals surface area contributed by atoms with Gasteiger partial charge in [0.1, 0.15) is 11.5 Å². The van der Waals surface area contributed by atoms with Crippen LogP contribution >= 0.6 is 0 Å². The summed E-state index contributed by atoms with van der Waals surface area (Å²) >= 11 is 0. The second-order valence-corrected chi connectivity index (χ2v) is 19.0. The summed E-state index contributed by atoms with van der Waals surface area (Å²) in [5.41, 5.74) is 12.0. The number of aryl methyl sites for hydroxylation is 1. The third-order valence-electron chi connectivity index (χ3n) is 12.4. The molecule has 0 fully saturated rings. The summed E-state index contributed by atoms with van der Waals surface area (Å²) in [6, 6.07) is 50.8. The monoisotopic (exact) mass is 1070 g/mol. The molecular formula is C61H50N4O2Pt-2. The van der Waals surface area contributed by atoms with Crippen molar-refractivity contribution in [3.63, 3.8) is 0 Å².